The van der Waals surface area contributed by atoms with Gasteiger partial charge in [-0.3, -0.25) is 15.0 Å². The standard InChI is InChI=1S/C24H28N6O2S/c31-22(26-23(32)25-15-19-9-3-1-4-10-19)18-33-24-28-27-21(17-29-13-7-8-14-29)30(24)16-20-11-5-2-6-12-20/h1-6,9-12H,7-8,13-18H2,(H2,25,26,31,32). The third-order valence-corrected chi connectivity index (χ3v) is 6.39. The highest BCUT2D eigenvalue weighted by atomic mass is 32.2. The molecular weight excluding hydrogens is 436 g/mol. The van der Waals surface area contributed by atoms with E-state index in [0.29, 0.717) is 18.2 Å². The summed E-state index contributed by atoms with van der Waals surface area (Å²) in [4.78, 5) is 26.8. The number of hydrogen-bond donors (Lipinski definition) is 2. The molecule has 0 spiro atoms. The van der Waals surface area contributed by atoms with E-state index in [1.54, 1.807) is 0 Å². The van der Waals surface area contributed by atoms with Gasteiger partial charge in [0.1, 0.15) is 5.82 Å². The first-order chi connectivity index (χ1) is 16.2. The van der Waals surface area contributed by atoms with Crippen molar-refractivity contribution >= 4 is 23.7 Å². The fourth-order valence-corrected chi connectivity index (χ4v) is 4.48. The van der Waals surface area contributed by atoms with Gasteiger partial charge < -0.3 is 9.88 Å². The summed E-state index contributed by atoms with van der Waals surface area (Å²) in [6.45, 7) is 3.88. The number of benzene rings is 2. The van der Waals surface area contributed by atoms with Crippen molar-refractivity contribution in [3.63, 3.8) is 0 Å². The monoisotopic (exact) mass is 464 g/mol. The third-order valence-electron chi connectivity index (χ3n) is 5.42. The summed E-state index contributed by atoms with van der Waals surface area (Å²) < 4.78 is 2.07. The van der Waals surface area contributed by atoms with Crippen LogP contribution in [0, 0.1) is 0 Å². The van der Waals surface area contributed by atoms with Crippen LogP contribution in [0.15, 0.2) is 65.8 Å². The van der Waals surface area contributed by atoms with Crippen LogP contribution in [0.4, 0.5) is 4.79 Å². The number of carbonyl (C=O) groups is 2. The predicted octanol–water partition coefficient (Wildman–Crippen LogP) is 3.04. The molecule has 1 aliphatic heterocycles. The molecule has 2 aromatic carbocycles. The maximum Gasteiger partial charge on any atom is 0.321 e. The van der Waals surface area contributed by atoms with Crippen molar-refractivity contribution in [3.8, 4) is 0 Å². The molecule has 1 aromatic heterocycles. The van der Waals surface area contributed by atoms with Crippen LogP contribution in [-0.2, 0) is 24.4 Å². The van der Waals surface area contributed by atoms with Crippen molar-refractivity contribution < 1.29 is 9.59 Å². The molecule has 0 aliphatic carbocycles. The van der Waals surface area contributed by atoms with Crippen LogP contribution >= 0.6 is 11.8 Å². The number of urea groups is 1. The Morgan fingerprint density at radius 2 is 1.55 bits per heavy atom. The second-order valence-electron chi connectivity index (χ2n) is 7.96. The Morgan fingerprint density at radius 1 is 0.879 bits per heavy atom. The number of imide groups is 1. The zero-order valence-electron chi connectivity index (χ0n) is 18.4. The smallest absolute Gasteiger partial charge is 0.321 e. The van der Waals surface area contributed by atoms with Gasteiger partial charge in [-0.05, 0) is 37.1 Å². The Morgan fingerprint density at radius 3 is 2.24 bits per heavy atom. The lowest BCUT2D eigenvalue weighted by molar-refractivity contribution is -0.117. The molecule has 1 saturated heterocycles. The van der Waals surface area contributed by atoms with E-state index in [-0.39, 0.29) is 11.7 Å². The van der Waals surface area contributed by atoms with E-state index in [4.69, 9.17) is 0 Å². The minimum Gasteiger partial charge on any atom is -0.334 e. The lowest BCUT2D eigenvalue weighted by Gasteiger charge is -2.16. The Balaban J connectivity index is 1.34. The van der Waals surface area contributed by atoms with E-state index in [9.17, 15) is 9.59 Å². The molecule has 4 rings (SSSR count). The maximum atomic E-state index is 12.3. The van der Waals surface area contributed by atoms with Gasteiger partial charge in [-0.1, -0.05) is 72.4 Å². The molecule has 0 saturated carbocycles. The maximum absolute atomic E-state index is 12.3. The average molecular weight is 465 g/mol. The largest absolute Gasteiger partial charge is 0.334 e. The summed E-state index contributed by atoms with van der Waals surface area (Å²) in [5.41, 5.74) is 2.11. The summed E-state index contributed by atoms with van der Waals surface area (Å²) >= 11 is 1.29. The van der Waals surface area contributed by atoms with Crippen LogP contribution in [-0.4, -0.2) is 50.4 Å². The number of hydrogen-bond acceptors (Lipinski definition) is 6. The fraction of sp³-hybridized carbons (Fsp3) is 0.333. The summed E-state index contributed by atoms with van der Waals surface area (Å²) in [5.74, 6) is 0.597. The first kappa shape index (κ1) is 23.0. The molecule has 3 aromatic rings. The van der Waals surface area contributed by atoms with Crippen molar-refractivity contribution in [3.05, 3.63) is 77.6 Å². The predicted molar refractivity (Wildman–Crippen MR) is 128 cm³/mol. The quantitative estimate of drug-likeness (QED) is 0.473. The van der Waals surface area contributed by atoms with Gasteiger partial charge in [0, 0.05) is 6.54 Å². The topological polar surface area (TPSA) is 92.2 Å². The molecule has 1 aliphatic rings. The molecule has 2 N–H and O–H groups in total. The second kappa shape index (κ2) is 11.6. The van der Waals surface area contributed by atoms with Crippen molar-refractivity contribution in [2.45, 2.75) is 37.6 Å². The molecule has 3 amide bonds. The number of nitrogens with one attached hydrogen (secondary N) is 2. The van der Waals surface area contributed by atoms with E-state index in [1.807, 2.05) is 48.5 Å². The number of amides is 3. The zero-order chi connectivity index (χ0) is 22.9. The summed E-state index contributed by atoms with van der Waals surface area (Å²) in [7, 11) is 0. The number of likely N-dealkylation sites (tertiary alicyclic amines) is 1. The Hall–Kier alpha value is -3.17. The van der Waals surface area contributed by atoms with Crippen LogP contribution in [0.2, 0.25) is 0 Å². The number of rotatable bonds is 9. The SMILES string of the molecule is O=C(CSc1nnc(CN2CCCC2)n1Cc1ccccc1)NC(=O)NCc1ccccc1. The van der Waals surface area contributed by atoms with Gasteiger partial charge in [0.25, 0.3) is 0 Å². The number of thioether (sulfide) groups is 1. The van der Waals surface area contributed by atoms with Crippen LogP contribution in [0.5, 0.6) is 0 Å². The Labute approximate surface area is 197 Å². The highest BCUT2D eigenvalue weighted by Gasteiger charge is 2.19. The molecule has 2 heterocycles. The van der Waals surface area contributed by atoms with Crippen LogP contribution in [0.3, 0.4) is 0 Å². The van der Waals surface area contributed by atoms with E-state index in [0.717, 1.165) is 36.6 Å². The molecule has 33 heavy (non-hydrogen) atoms. The lowest BCUT2D eigenvalue weighted by Crippen LogP contribution is -2.40. The molecule has 1 fully saturated rings. The van der Waals surface area contributed by atoms with Crippen molar-refractivity contribution in [1.82, 2.24) is 30.3 Å². The molecule has 0 bridgehead atoms. The van der Waals surface area contributed by atoms with E-state index < -0.39 is 6.03 Å². The highest BCUT2D eigenvalue weighted by Crippen LogP contribution is 2.21. The normalized spacial score (nSPS) is 13.7. The zero-order valence-corrected chi connectivity index (χ0v) is 19.3. The molecule has 8 nitrogen and oxygen atoms in total. The molecule has 9 heteroatoms. The van der Waals surface area contributed by atoms with Gasteiger partial charge in [-0.25, -0.2) is 4.79 Å². The number of nitrogens with zero attached hydrogens (tertiary/aromatic N) is 4. The molecule has 0 radical (unpaired) electrons. The van der Waals surface area contributed by atoms with Gasteiger partial charge >= 0.3 is 6.03 Å². The van der Waals surface area contributed by atoms with Gasteiger partial charge in [0.15, 0.2) is 5.16 Å². The molecular formula is C24H28N6O2S. The average Bonchev–Trinajstić information content (AvgIpc) is 3.48. The minimum atomic E-state index is -0.509. The molecule has 172 valence electrons. The van der Waals surface area contributed by atoms with Crippen molar-refractivity contribution in [1.29, 1.82) is 0 Å². The molecule has 0 atom stereocenters. The van der Waals surface area contributed by atoms with Crippen LogP contribution in [0.1, 0.15) is 29.8 Å². The molecule has 0 unspecified atom stereocenters. The van der Waals surface area contributed by atoms with Crippen LogP contribution < -0.4 is 10.6 Å². The van der Waals surface area contributed by atoms with E-state index in [1.165, 1.54) is 24.6 Å². The van der Waals surface area contributed by atoms with Gasteiger partial charge in [0.05, 0.1) is 18.8 Å². The van der Waals surface area contributed by atoms with Crippen molar-refractivity contribution in [2.24, 2.45) is 0 Å². The Kier molecular flexibility index (Phi) is 8.10. The highest BCUT2D eigenvalue weighted by molar-refractivity contribution is 7.99. The summed E-state index contributed by atoms with van der Waals surface area (Å²) in [5, 5.41) is 14.5. The van der Waals surface area contributed by atoms with E-state index in [2.05, 4.69) is 42.4 Å². The summed E-state index contributed by atoms with van der Waals surface area (Å²) in [6, 6.07) is 19.2. The third kappa shape index (κ3) is 6.90. The van der Waals surface area contributed by atoms with Crippen LogP contribution in [0.25, 0.3) is 0 Å². The first-order valence-electron chi connectivity index (χ1n) is 11.1. The van der Waals surface area contributed by atoms with Gasteiger partial charge in [-0.2, -0.15) is 0 Å². The van der Waals surface area contributed by atoms with Gasteiger partial charge in [-0.15, -0.1) is 10.2 Å². The van der Waals surface area contributed by atoms with Gasteiger partial charge in [0.2, 0.25) is 5.91 Å². The Bertz CT molecular complexity index is 1050. The number of aromatic nitrogens is 3. The fourth-order valence-electron chi connectivity index (χ4n) is 3.72. The van der Waals surface area contributed by atoms with Crippen molar-refractivity contribution in [2.75, 3.05) is 18.8 Å². The summed E-state index contributed by atoms with van der Waals surface area (Å²) in [6.07, 6.45) is 2.42. The first-order valence-corrected chi connectivity index (χ1v) is 12.1. The second-order valence-corrected chi connectivity index (χ2v) is 8.90. The van der Waals surface area contributed by atoms with E-state index >= 15 is 0 Å². The lowest BCUT2D eigenvalue weighted by atomic mass is 10.2. The number of carbonyl (C=O) groups excluding carboxylic acids is 2. The minimum absolute atomic E-state index is 0.0788.